The Labute approximate surface area is 54.8 Å². The molecule has 0 N–H and O–H groups in total. The molecule has 0 aromatic heterocycles. The predicted octanol–water partition coefficient (Wildman–Crippen LogP) is 1.95. The molecule has 9 heavy (non-hydrogen) atoms. The van der Waals surface area contributed by atoms with Crippen LogP contribution in [0.5, 0.6) is 0 Å². The molecule has 0 heterocycles. The Morgan fingerprint density at radius 2 is 1.89 bits per heavy atom. The van der Waals surface area contributed by atoms with E-state index in [1.54, 1.807) is 0 Å². The Morgan fingerprint density at radius 1 is 1.56 bits per heavy atom. The highest BCUT2D eigenvalue weighted by atomic mass is 35.5. The number of hydrogen-bond acceptors (Lipinski definition) is 1. The maximum Gasteiger partial charge on any atom is 0.399 e. The van der Waals surface area contributed by atoms with Crippen LogP contribution in [-0.4, -0.2) is 11.4 Å². The van der Waals surface area contributed by atoms with Crippen LogP contribution in [0.3, 0.4) is 0 Å². The lowest BCUT2D eigenvalue weighted by Gasteiger charge is -2.09. The van der Waals surface area contributed by atoms with Gasteiger partial charge < -0.3 is 0 Å². The molecule has 0 amide bonds. The fourth-order valence-corrected chi connectivity index (χ4v) is 0.252. The normalized spacial score (nSPS) is 15.2. The molecule has 5 heteroatoms. The lowest BCUT2D eigenvalue weighted by molar-refractivity contribution is -0.172. The van der Waals surface area contributed by atoms with Crippen LogP contribution in [0.1, 0.15) is 6.92 Å². The molecule has 0 fully saturated rings. The van der Waals surface area contributed by atoms with Crippen molar-refractivity contribution in [1.82, 2.24) is 0 Å². The van der Waals surface area contributed by atoms with Crippen LogP contribution in [0.2, 0.25) is 0 Å². The summed E-state index contributed by atoms with van der Waals surface area (Å²) in [5, 5.41) is -1.37. The lowest BCUT2D eigenvalue weighted by Crippen LogP contribution is -2.24. The maximum atomic E-state index is 11.4. The summed E-state index contributed by atoms with van der Waals surface area (Å²) < 4.78 is 34.2. The Balaban J connectivity index is 4.04. The molecule has 0 aliphatic rings. The first-order chi connectivity index (χ1) is 3.85. The van der Waals surface area contributed by atoms with Crippen molar-refractivity contribution in [3.63, 3.8) is 0 Å². The van der Waals surface area contributed by atoms with Gasteiger partial charge in [0.25, 0.3) is 0 Å². The summed E-state index contributed by atoms with van der Waals surface area (Å²) in [6.45, 7) is 0.718. The second-order valence-corrected chi connectivity index (χ2v) is 1.94. The Kier molecular flexibility index (Phi) is 2.49. The number of hydrogen-bond donors (Lipinski definition) is 0. The minimum atomic E-state index is -4.50. The van der Waals surface area contributed by atoms with E-state index in [0.717, 1.165) is 6.92 Å². The molecular formula is C4H4ClF3O. The van der Waals surface area contributed by atoms with Crippen molar-refractivity contribution in [1.29, 1.82) is 0 Å². The van der Waals surface area contributed by atoms with Gasteiger partial charge in [-0.15, -0.1) is 0 Å². The molecule has 0 saturated carbocycles. The zero-order valence-electron chi connectivity index (χ0n) is 4.50. The molecule has 54 valence electrons. The van der Waals surface area contributed by atoms with Gasteiger partial charge in [-0.25, -0.2) is 0 Å². The highest BCUT2D eigenvalue weighted by molar-refractivity contribution is 6.64. The van der Waals surface area contributed by atoms with Gasteiger partial charge in [-0.1, -0.05) is 0 Å². The molecule has 0 spiro atoms. The minimum absolute atomic E-state index is 0.718. The Morgan fingerprint density at radius 3 is 1.89 bits per heavy atom. The molecule has 0 aromatic carbocycles. The van der Waals surface area contributed by atoms with Crippen molar-refractivity contribution in [3.8, 4) is 0 Å². The van der Waals surface area contributed by atoms with Gasteiger partial charge in [-0.05, 0) is 18.5 Å². The van der Waals surface area contributed by atoms with Crippen molar-refractivity contribution < 1.29 is 18.0 Å². The number of rotatable bonds is 1. The van der Waals surface area contributed by atoms with Crippen LogP contribution in [-0.2, 0) is 4.79 Å². The number of carbonyl (C=O) groups is 1. The maximum absolute atomic E-state index is 11.4. The molecule has 1 atom stereocenters. The highest BCUT2D eigenvalue weighted by Crippen LogP contribution is 2.26. The first-order valence-electron chi connectivity index (χ1n) is 2.11. The van der Waals surface area contributed by atoms with Crippen LogP contribution in [0, 0.1) is 5.92 Å². The van der Waals surface area contributed by atoms with Crippen molar-refractivity contribution in [3.05, 3.63) is 0 Å². The van der Waals surface area contributed by atoms with Crippen LogP contribution >= 0.6 is 11.6 Å². The highest BCUT2D eigenvalue weighted by Gasteiger charge is 2.40. The fourth-order valence-electron chi connectivity index (χ4n) is 0.129. The smallest absolute Gasteiger partial charge is 0.281 e. The first-order valence-corrected chi connectivity index (χ1v) is 2.49. The third-order valence-electron chi connectivity index (χ3n) is 0.831. The standard InChI is InChI=1S/C4H4ClF3O/c1-2(3(5)9)4(6,7)8/h2H,1H3/t2-/m1/s1. The SMILES string of the molecule is C[C@H](C(=O)Cl)C(F)(F)F. The molecule has 0 aromatic rings. The van der Waals surface area contributed by atoms with Crippen molar-refractivity contribution >= 4 is 16.8 Å². The van der Waals surface area contributed by atoms with E-state index in [1.807, 2.05) is 0 Å². The van der Waals surface area contributed by atoms with E-state index in [1.165, 1.54) is 0 Å². The third kappa shape index (κ3) is 2.70. The van der Waals surface area contributed by atoms with E-state index in [-0.39, 0.29) is 0 Å². The summed E-state index contributed by atoms with van der Waals surface area (Å²) in [5.74, 6) is -2.06. The molecule has 0 aliphatic heterocycles. The van der Waals surface area contributed by atoms with E-state index in [4.69, 9.17) is 0 Å². The molecule has 0 bridgehead atoms. The van der Waals surface area contributed by atoms with Gasteiger partial charge >= 0.3 is 6.18 Å². The van der Waals surface area contributed by atoms with Crippen LogP contribution < -0.4 is 0 Å². The molecule has 0 unspecified atom stereocenters. The topological polar surface area (TPSA) is 17.1 Å². The average molecular weight is 161 g/mol. The molecule has 1 nitrogen and oxygen atoms in total. The van der Waals surface area contributed by atoms with E-state index < -0.39 is 17.3 Å². The van der Waals surface area contributed by atoms with Gasteiger partial charge in [0, 0.05) is 0 Å². The Bertz CT molecular complexity index is 119. The van der Waals surface area contributed by atoms with E-state index in [9.17, 15) is 18.0 Å². The second kappa shape index (κ2) is 2.56. The Hall–Kier alpha value is -0.250. The summed E-state index contributed by atoms with van der Waals surface area (Å²) in [6, 6.07) is 0. The largest absolute Gasteiger partial charge is 0.399 e. The monoisotopic (exact) mass is 160 g/mol. The fraction of sp³-hybridized carbons (Fsp3) is 0.750. The summed E-state index contributed by atoms with van der Waals surface area (Å²) in [4.78, 5) is 9.84. The van der Waals surface area contributed by atoms with Crippen LogP contribution in [0.15, 0.2) is 0 Å². The summed E-state index contributed by atoms with van der Waals surface area (Å²) in [5.41, 5.74) is 0. The molecule has 0 saturated heterocycles. The molecular weight excluding hydrogens is 156 g/mol. The average Bonchev–Trinajstić information content (AvgIpc) is 1.62. The molecule has 0 aliphatic carbocycles. The number of alkyl halides is 3. The van der Waals surface area contributed by atoms with Crippen LogP contribution in [0.4, 0.5) is 13.2 Å². The van der Waals surface area contributed by atoms with Gasteiger partial charge in [0.2, 0.25) is 5.24 Å². The predicted molar refractivity (Wildman–Crippen MR) is 26.1 cm³/mol. The van der Waals surface area contributed by atoms with E-state index in [2.05, 4.69) is 11.6 Å². The summed E-state index contributed by atoms with van der Waals surface area (Å²) >= 11 is 4.55. The van der Waals surface area contributed by atoms with Crippen molar-refractivity contribution in [2.45, 2.75) is 13.1 Å². The third-order valence-corrected chi connectivity index (χ3v) is 1.16. The quantitative estimate of drug-likeness (QED) is 0.536. The van der Waals surface area contributed by atoms with Gasteiger partial charge in [-0.2, -0.15) is 13.2 Å². The zero-order chi connectivity index (χ0) is 7.65. The van der Waals surface area contributed by atoms with Gasteiger partial charge in [0.15, 0.2) is 0 Å². The second-order valence-electron chi connectivity index (χ2n) is 1.57. The van der Waals surface area contributed by atoms with Gasteiger partial charge in [0.1, 0.15) is 5.92 Å². The summed E-state index contributed by atoms with van der Waals surface area (Å²) in [7, 11) is 0. The zero-order valence-corrected chi connectivity index (χ0v) is 5.25. The van der Waals surface area contributed by atoms with Gasteiger partial charge in [-0.3, -0.25) is 4.79 Å². The lowest BCUT2D eigenvalue weighted by atomic mass is 10.2. The minimum Gasteiger partial charge on any atom is -0.281 e. The molecule has 0 rings (SSSR count). The van der Waals surface area contributed by atoms with Crippen LogP contribution in [0.25, 0.3) is 0 Å². The molecule has 0 radical (unpaired) electrons. The van der Waals surface area contributed by atoms with Crippen molar-refractivity contribution in [2.24, 2.45) is 5.92 Å². The number of carbonyl (C=O) groups excluding carboxylic acids is 1. The number of halogens is 4. The summed E-state index contributed by atoms with van der Waals surface area (Å²) in [6.07, 6.45) is -4.50. The first kappa shape index (κ1) is 8.75. The van der Waals surface area contributed by atoms with Crippen molar-refractivity contribution in [2.75, 3.05) is 0 Å². The van der Waals surface area contributed by atoms with Gasteiger partial charge in [0.05, 0.1) is 0 Å². The van der Waals surface area contributed by atoms with E-state index in [0.29, 0.717) is 0 Å². The van der Waals surface area contributed by atoms with E-state index >= 15 is 0 Å².